The molecule has 0 spiro atoms. The standard InChI is InChI=1S/C8H15NO2.C2HF3O2.CH4/c1-6-5-7(3-4-9-6)8(10)11-2;3-2(4,5)1(6)7;/h6-7,9H,3-5H2,1-2H3;(H,6,7);1H4. The number of carboxylic acids is 1. The van der Waals surface area contributed by atoms with Gasteiger partial charge in [0.15, 0.2) is 0 Å². The number of aliphatic carboxylic acids is 1. The van der Waals surface area contributed by atoms with Crippen LogP contribution in [0.25, 0.3) is 0 Å². The molecule has 8 heteroatoms. The van der Waals surface area contributed by atoms with Crippen LogP contribution in [0, 0.1) is 5.92 Å². The van der Waals surface area contributed by atoms with Gasteiger partial charge in [-0.05, 0) is 26.3 Å². The second kappa shape index (κ2) is 8.73. The molecule has 1 fully saturated rings. The normalized spacial score (nSPS) is 22.4. The molecule has 0 aliphatic carbocycles. The number of ether oxygens (including phenoxy) is 1. The number of hydrogen-bond donors (Lipinski definition) is 2. The summed E-state index contributed by atoms with van der Waals surface area (Å²) in [6, 6.07) is 0.452. The third-order valence-electron chi connectivity index (χ3n) is 2.40. The monoisotopic (exact) mass is 287 g/mol. The number of esters is 1. The highest BCUT2D eigenvalue weighted by Crippen LogP contribution is 2.16. The highest BCUT2D eigenvalue weighted by atomic mass is 19.4. The van der Waals surface area contributed by atoms with Crippen molar-refractivity contribution < 1.29 is 32.6 Å². The van der Waals surface area contributed by atoms with E-state index in [4.69, 9.17) is 9.90 Å². The summed E-state index contributed by atoms with van der Waals surface area (Å²) in [5.41, 5.74) is 0. The Balaban J connectivity index is 0. The van der Waals surface area contributed by atoms with Crippen molar-refractivity contribution in [2.75, 3.05) is 13.7 Å². The lowest BCUT2D eigenvalue weighted by Crippen LogP contribution is -2.38. The number of alkyl halides is 3. The van der Waals surface area contributed by atoms with Gasteiger partial charge in [-0.3, -0.25) is 4.79 Å². The molecule has 1 heterocycles. The Morgan fingerprint density at radius 2 is 1.84 bits per heavy atom. The first kappa shape index (κ1) is 20.0. The quantitative estimate of drug-likeness (QED) is 0.719. The van der Waals surface area contributed by atoms with Crippen molar-refractivity contribution in [1.82, 2.24) is 5.32 Å². The van der Waals surface area contributed by atoms with Gasteiger partial charge in [0.25, 0.3) is 0 Å². The lowest BCUT2D eigenvalue weighted by Gasteiger charge is -2.25. The van der Waals surface area contributed by atoms with Crippen LogP contribution in [0.3, 0.4) is 0 Å². The fourth-order valence-corrected chi connectivity index (χ4v) is 1.51. The molecule has 2 atom stereocenters. The number of piperidine rings is 1. The summed E-state index contributed by atoms with van der Waals surface area (Å²) in [5.74, 6) is -2.69. The van der Waals surface area contributed by atoms with Crippen LogP contribution in [0.5, 0.6) is 0 Å². The molecule has 5 nitrogen and oxygen atoms in total. The highest BCUT2D eigenvalue weighted by molar-refractivity contribution is 5.73. The number of methoxy groups -OCH3 is 1. The summed E-state index contributed by atoms with van der Waals surface area (Å²) in [6.07, 6.45) is -3.26. The molecule has 114 valence electrons. The summed E-state index contributed by atoms with van der Waals surface area (Å²) in [5, 5.41) is 10.4. The summed E-state index contributed by atoms with van der Waals surface area (Å²) >= 11 is 0. The van der Waals surface area contributed by atoms with Crippen LogP contribution in [0.4, 0.5) is 13.2 Å². The van der Waals surface area contributed by atoms with Crippen LogP contribution >= 0.6 is 0 Å². The molecule has 0 saturated carbocycles. The summed E-state index contributed by atoms with van der Waals surface area (Å²) in [6.45, 7) is 3.02. The van der Waals surface area contributed by atoms with Gasteiger partial charge in [-0.2, -0.15) is 13.2 Å². The zero-order valence-electron chi connectivity index (χ0n) is 10.1. The van der Waals surface area contributed by atoms with Crippen molar-refractivity contribution >= 4 is 11.9 Å². The summed E-state index contributed by atoms with van der Waals surface area (Å²) < 4.78 is 36.4. The number of nitrogens with one attached hydrogen (secondary N) is 1. The molecule has 2 N–H and O–H groups in total. The average molecular weight is 287 g/mol. The molecule has 1 aliphatic heterocycles. The summed E-state index contributed by atoms with van der Waals surface area (Å²) in [4.78, 5) is 20.0. The van der Waals surface area contributed by atoms with Crippen molar-refractivity contribution in [2.24, 2.45) is 5.92 Å². The van der Waals surface area contributed by atoms with Crippen molar-refractivity contribution in [3.63, 3.8) is 0 Å². The van der Waals surface area contributed by atoms with Gasteiger partial charge < -0.3 is 15.2 Å². The lowest BCUT2D eigenvalue weighted by molar-refractivity contribution is -0.192. The van der Waals surface area contributed by atoms with E-state index in [2.05, 4.69) is 17.0 Å². The molecular weight excluding hydrogens is 267 g/mol. The number of hydrogen-bond acceptors (Lipinski definition) is 4. The SMILES string of the molecule is C.COC(=O)C1CCNC(C)C1.O=C(O)C(F)(F)F. The number of halogens is 3. The molecule has 0 aromatic heterocycles. The van der Waals surface area contributed by atoms with E-state index in [1.165, 1.54) is 7.11 Å². The van der Waals surface area contributed by atoms with Gasteiger partial charge in [0.1, 0.15) is 0 Å². The van der Waals surface area contributed by atoms with E-state index in [9.17, 15) is 18.0 Å². The van der Waals surface area contributed by atoms with Crippen molar-refractivity contribution in [2.45, 2.75) is 39.4 Å². The molecular formula is C11H20F3NO4. The minimum absolute atomic E-state index is 0. The van der Waals surface area contributed by atoms with E-state index >= 15 is 0 Å². The Hall–Kier alpha value is -1.31. The van der Waals surface area contributed by atoms with Gasteiger partial charge in [-0.15, -0.1) is 0 Å². The zero-order valence-corrected chi connectivity index (χ0v) is 10.1. The van der Waals surface area contributed by atoms with E-state index in [0.29, 0.717) is 6.04 Å². The number of carboxylic acid groups (broad SMARTS) is 1. The smallest absolute Gasteiger partial charge is 0.475 e. The molecule has 2 unspecified atom stereocenters. The Bertz CT molecular complexity index is 294. The molecule has 0 aromatic rings. The summed E-state index contributed by atoms with van der Waals surface area (Å²) in [7, 11) is 1.45. The maximum absolute atomic E-state index is 11.1. The highest BCUT2D eigenvalue weighted by Gasteiger charge is 2.38. The number of rotatable bonds is 1. The maximum Gasteiger partial charge on any atom is 0.490 e. The van der Waals surface area contributed by atoms with E-state index in [-0.39, 0.29) is 19.3 Å². The Kier molecular flexibility index (Phi) is 9.20. The largest absolute Gasteiger partial charge is 0.490 e. The first-order valence-corrected chi connectivity index (χ1v) is 5.29. The predicted molar refractivity (Wildman–Crippen MR) is 62.6 cm³/mol. The van der Waals surface area contributed by atoms with Crippen LogP contribution in [-0.2, 0) is 14.3 Å². The third-order valence-corrected chi connectivity index (χ3v) is 2.40. The molecule has 19 heavy (non-hydrogen) atoms. The first-order chi connectivity index (χ1) is 8.18. The molecule has 0 radical (unpaired) electrons. The van der Waals surface area contributed by atoms with Gasteiger partial charge in [-0.25, -0.2) is 4.79 Å². The van der Waals surface area contributed by atoms with E-state index in [0.717, 1.165) is 19.4 Å². The van der Waals surface area contributed by atoms with Gasteiger partial charge >= 0.3 is 18.1 Å². The molecule has 0 aromatic carbocycles. The molecule has 0 bridgehead atoms. The topological polar surface area (TPSA) is 75.6 Å². The average Bonchev–Trinajstić information content (AvgIpc) is 2.27. The van der Waals surface area contributed by atoms with Crippen LogP contribution in [0.1, 0.15) is 27.2 Å². The van der Waals surface area contributed by atoms with E-state index in [1.54, 1.807) is 0 Å². The fourth-order valence-electron chi connectivity index (χ4n) is 1.51. The lowest BCUT2D eigenvalue weighted by atomic mass is 9.93. The van der Waals surface area contributed by atoms with E-state index in [1.807, 2.05) is 0 Å². The number of carbonyl (C=O) groups excluding carboxylic acids is 1. The third kappa shape index (κ3) is 8.41. The van der Waals surface area contributed by atoms with E-state index < -0.39 is 12.1 Å². The second-order valence-electron chi connectivity index (χ2n) is 3.90. The van der Waals surface area contributed by atoms with Crippen LogP contribution in [0.2, 0.25) is 0 Å². The fraction of sp³-hybridized carbons (Fsp3) is 0.818. The van der Waals surface area contributed by atoms with Gasteiger partial charge in [-0.1, -0.05) is 7.43 Å². The van der Waals surface area contributed by atoms with Crippen LogP contribution in [0.15, 0.2) is 0 Å². The van der Waals surface area contributed by atoms with Gasteiger partial charge in [0.2, 0.25) is 0 Å². The zero-order chi connectivity index (χ0) is 14.3. The molecule has 1 saturated heterocycles. The Morgan fingerprint density at radius 1 is 1.37 bits per heavy atom. The predicted octanol–water partition coefficient (Wildman–Crippen LogP) is 1.82. The Labute approximate surface area is 110 Å². The van der Waals surface area contributed by atoms with Gasteiger partial charge in [0, 0.05) is 6.04 Å². The number of carbonyl (C=O) groups is 2. The molecule has 0 amide bonds. The van der Waals surface area contributed by atoms with Crippen LogP contribution in [-0.4, -0.2) is 42.9 Å². The van der Waals surface area contributed by atoms with Crippen molar-refractivity contribution in [1.29, 1.82) is 0 Å². The van der Waals surface area contributed by atoms with Crippen LogP contribution < -0.4 is 5.32 Å². The second-order valence-corrected chi connectivity index (χ2v) is 3.90. The van der Waals surface area contributed by atoms with Crippen molar-refractivity contribution in [3.05, 3.63) is 0 Å². The minimum atomic E-state index is -5.08. The maximum atomic E-state index is 11.1. The Morgan fingerprint density at radius 3 is 2.16 bits per heavy atom. The van der Waals surface area contributed by atoms with Crippen molar-refractivity contribution in [3.8, 4) is 0 Å². The first-order valence-electron chi connectivity index (χ1n) is 5.29. The van der Waals surface area contributed by atoms with Gasteiger partial charge in [0.05, 0.1) is 13.0 Å². The molecule has 1 rings (SSSR count). The molecule has 1 aliphatic rings. The minimum Gasteiger partial charge on any atom is -0.475 e.